The molecule has 1 aromatic carbocycles. The first kappa shape index (κ1) is 17.6. The van der Waals surface area contributed by atoms with Crippen LogP contribution >= 0.6 is 0 Å². The highest BCUT2D eigenvalue weighted by Gasteiger charge is 2.30. The molecule has 0 fully saturated rings. The summed E-state index contributed by atoms with van der Waals surface area (Å²) in [7, 11) is 1.58. The first-order valence-corrected chi connectivity index (χ1v) is 8.34. The number of fused-ring (bicyclic) bond motifs is 1. The molecule has 2 heterocycles. The van der Waals surface area contributed by atoms with E-state index in [1.54, 1.807) is 42.3 Å². The molecule has 2 aromatic rings. The van der Waals surface area contributed by atoms with Crippen LogP contribution in [-0.2, 0) is 9.59 Å². The maximum atomic E-state index is 13.0. The second-order valence-electron chi connectivity index (χ2n) is 6.28. The summed E-state index contributed by atoms with van der Waals surface area (Å²) in [6, 6.07) is 10.1. The number of likely N-dealkylation sites (N-methyl/N-ethyl adjacent to an activating group) is 1. The zero-order valence-electron chi connectivity index (χ0n) is 14.7. The zero-order chi connectivity index (χ0) is 18.7. The smallest absolute Gasteiger partial charge is 0.254 e. The first-order valence-electron chi connectivity index (χ1n) is 8.34. The molecule has 26 heavy (non-hydrogen) atoms. The van der Waals surface area contributed by atoms with E-state index in [-0.39, 0.29) is 36.7 Å². The van der Waals surface area contributed by atoms with Gasteiger partial charge in [-0.3, -0.25) is 19.4 Å². The number of rotatable bonds is 3. The topological polar surface area (TPSA) is 82.6 Å². The summed E-state index contributed by atoms with van der Waals surface area (Å²) >= 11 is 0. The highest BCUT2D eigenvalue weighted by Crippen LogP contribution is 2.31. The van der Waals surface area contributed by atoms with Crippen LogP contribution in [0, 0.1) is 0 Å². The fourth-order valence-electron chi connectivity index (χ4n) is 3.03. The molecule has 0 aliphatic carbocycles. The molecular weight excluding hydrogens is 332 g/mol. The van der Waals surface area contributed by atoms with Crippen molar-refractivity contribution < 1.29 is 14.4 Å². The van der Waals surface area contributed by atoms with Gasteiger partial charge in [0.25, 0.3) is 5.91 Å². The molecular formula is C19H20N4O3. The second kappa shape index (κ2) is 7.35. The van der Waals surface area contributed by atoms with Crippen molar-refractivity contribution >= 4 is 29.1 Å². The van der Waals surface area contributed by atoms with E-state index < -0.39 is 0 Å². The predicted octanol–water partition coefficient (Wildman–Crippen LogP) is 1.92. The highest BCUT2D eigenvalue weighted by atomic mass is 16.2. The number of hydrogen-bond donors (Lipinski definition) is 1. The lowest BCUT2D eigenvalue weighted by Gasteiger charge is -2.29. The third-order valence-corrected chi connectivity index (χ3v) is 4.27. The highest BCUT2D eigenvalue weighted by molar-refractivity contribution is 6.06. The van der Waals surface area contributed by atoms with Crippen molar-refractivity contribution in [2.24, 2.45) is 0 Å². The van der Waals surface area contributed by atoms with E-state index in [0.29, 0.717) is 16.9 Å². The van der Waals surface area contributed by atoms with Crippen LogP contribution in [0.25, 0.3) is 0 Å². The SMILES string of the molecule is C[C@H]1CC(=O)Nc2ccccc2N1C(=O)CN(C)C(=O)c1ccncc1. The molecule has 1 aromatic heterocycles. The molecule has 0 saturated heterocycles. The minimum atomic E-state index is -0.310. The number of para-hydroxylation sites is 2. The standard InChI is InChI=1S/C19H20N4O3/c1-13-11-17(24)21-15-5-3-4-6-16(15)23(13)18(25)12-22(2)19(26)14-7-9-20-10-8-14/h3-10,13H,11-12H2,1-2H3,(H,21,24)/t13-/m0/s1. The zero-order valence-corrected chi connectivity index (χ0v) is 14.7. The van der Waals surface area contributed by atoms with Gasteiger partial charge in [-0.2, -0.15) is 0 Å². The predicted molar refractivity (Wildman–Crippen MR) is 97.8 cm³/mol. The number of nitrogens with zero attached hydrogens (tertiary/aromatic N) is 3. The summed E-state index contributed by atoms with van der Waals surface area (Å²) in [6.45, 7) is 1.73. The number of amides is 3. The number of carbonyl (C=O) groups is 3. The van der Waals surface area contributed by atoms with E-state index in [0.717, 1.165) is 0 Å². The summed E-state index contributed by atoms with van der Waals surface area (Å²) in [4.78, 5) is 44.3. The van der Waals surface area contributed by atoms with Crippen LogP contribution in [0.4, 0.5) is 11.4 Å². The van der Waals surface area contributed by atoms with Crippen LogP contribution in [0.1, 0.15) is 23.7 Å². The van der Waals surface area contributed by atoms with E-state index in [1.165, 1.54) is 17.3 Å². The van der Waals surface area contributed by atoms with Gasteiger partial charge in [0.15, 0.2) is 0 Å². The van der Waals surface area contributed by atoms with Crippen molar-refractivity contribution in [2.75, 3.05) is 23.8 Å². The van der Waals surface area contributed by atoms with Gasteiger partial charge in [0.2, 0.25) is 11.8 Å². The van der Waals surface area contributed by atoms with Crippen molar-refractivity contribution in [3.63, 3.8) is 0 Å². The van der Waals surface area contributed by atoms with E-state index in [4.69, 9.17) is 0 Å². The quantitative estimate of drug-likeness (QED) is 0.915. The lowest BCUT2D eigenvalue weighted by atomic mass is 10.1. The molecule has 7 nitrogen and oxygen atoms in total. The number of nitrogens with one attached hydrogen (secondary N) is 1. The molecule has 1 atom stereocenters. The second-order valence-corrected chi connectivity index (χ2v) is 6.28. The van der Waals surface area contributed by atoms with Crippen LogP contribution in [0.15, 0.2) is 48.8 Å². The number of anilines is 2. The number of carbonyl (C=O) groups excluding carboxylic acids is 3. The third kappa shape index (κ3) is 3.56. The van der Waals surface area contributed by atoms with Gasteiger partial charge in [0, 0.05) is 37.5 Å². The molecule has 0 bridgehead atoms. The number of pyridine rings is 1. The van der Waals surface area contributed by atoms with Crippen LogP contribution < -0.4 is 10.2 Å². The maximum absolute atomic E-state index is 13.0. The Labute approximate surface area is 151 Å². The minimum Gasteiger partial charge on any atom is -0.332 e. The Kier molecular flexibility index (Phi) is 4.97. The van der Waals surface area contributed by atoms with E-state index in [9.17, 15) is 14.4 Å². The van der Waals surface area contributed by atoms with E-state index in [1.807, 2.05) is 13.0 Å². The number of hydrogen-bond acceptors (Lipinski definition) is 4. The molecule has 7 heteroatoms. The molecule has 1 N–H and O–H groups in total. The van der Waals surface area contributed by atoms with Crippen molar-refractivity contribution in [3.8, 4) is 0 Å². The summed E-state index contributed by atoms with van der Waals surface area (Å²) in [5.74, 6) is -0.640. The fraction of sp³-hybridized carbons (Fsp3) is 0.263. The Morgan fingerprint density at radius 3 is 2.65 bits per heavy atom. The number of benzene rings is 1. The molecule has 1 aliphatic rings. The Morgan fingerprint density at radius 2 is 1.92 bits per heavy atom. The third-order valence-electron chi connectivity index (χ3n) is 4.27. The largest absolute Gasteiger partial charge is 0.332 e. The van der Waals surface area contributed by atoms with E-state index in [2.05, 4.69) is 10.3 Å². The fourth-order valence-corrected chi connectivity index (χ4v) is 3.03. The van der Waals surface area contributed by atoms with Crippen LogP contribution in [0.5, 0.6) is 0 Å². The molecule has 3 rings (SSSR count). The minimum absolute atomic E-state index is 0.0893. The average molecular weight is 352 g/mol. The van der Waals surface area contributed by atoms with Crippen molar-refractivity contribution in [2.45, 2.75) is 19.4 Å². The molecule has 0 spiro atoms. The lowest BCUT2D eigenvalue weighted by molar-refractivity contribution is -0.119. The molecule has 0 unspecified atom stereocenters. The monoisotopic (exact) mass is 352 g/mol. The average Bonchev–Trinajstić information content (AvgIpc) is 2.75. The lowest BCUT2D eigenvalue weighted by Crippen LogP contribution is -2.45. The van der Waals surface area contributed by atoms with Gasteiger partial charge in [-0.05, 0) is 31.2 Å². The van der Waals surface area contributed by atoms with Crippen LogP contribution in [-0.4, -0.2) is 47.2 Å². The summed E-state index contributed by atoms with van der Waals surface area (Å²) in [5.41, 5.74) is 1.70. The van der Waals surface area contributed by atoms with Gasteiger partial charge in [-0.15, -0.1) is 0 Å². The Hall–Kier alpha value is -3.22. The Bertz CT molecular complexity index is 838. The van der Waals surface area contributed by atoms with Gasteiger partial charge < -0.3 is 15.1 Å². The van der Waals surface area contributed by atoms with Crippen LogP contribution in [0.2, 0.25) is 0 Å². The van der Waals surface area contributed by atoms with Gasteiger partial charge in [-0.25, -0.2) is 0 Å². The molecule has 0 saturated carbocycles. The van der Waals surface area contributed by atoms with Crippen molar-refractivity contribution in [1.82, 2.24) is 9.88 Å². The Balaban J connectivity index is 1.82. The first-order chi connectivity index (χ1) is 12.5. The summed E-state index contributed by atoms with van der Waals surface area (Å²) < 4.78 is 0. The Morgan fingerprint density at radius 1 is 1.23 bits per heavy atom. The van der Waals surface area contributed by atoms with Crippen LogP contribution in [0.3, 0.4) is 0 Å². The maximum Gasteiger partial charge on any atom is 0.254 e. The van der Waals surface area contributed by atoms with E-state index >= 15 is 0 Å². The van der Waals surface area contributed by atoms with Gasteiger partial charge in [0.05, 0.1) is 11.4 Å². The molecule has 1 aliphatic heterocycles. The molecule has 0 radical (unpaired) electrons. The van der Waals surface area contributed by atoms with Crippen molar-refractivity contribution in [3.05, 3.63) is 54.4 Å². The van der Waals surface area contributed by atoms with Gasteiger partial charge in [-0.1, -0.05) is 12.1 Å². The summed E-state index contributed by atoms with van der Waals surface area (Å²) in [5, 5.41) is 2.82. The van der Waals surface area contributed by atoms with Gasteiger partial charge >= 0.3 is 0 Å². The number of aromatic nitrogens is 1. The van der Waals surface area contributed by atoms with Crippen molar-refractivity contribution in [1.29, 1.82) is 0 Å². The normalized spacial score (nSPS) is 16.3. The molecule has 3 amide bonds. The molecule has 134 valence electrons. The van der Waals surface area contributed by atoms with Gasteiger partial charge in [0.1, 0.15) is 6.54 Å². The summed E-state index contributed by atoms with van der Waals surface area (Å²) in [6.07, 6.45) is 3.27.